The second-order valence-electron chi connectivity index (χ2n) is 4.89. The maximum absolute atomic E-state index is 13.7. The second-order valence-corrected chi connectivity index (χ2v) is 5.23. The maximum atomic E-state index is 13.7. The van der Waals surface area contributed by atoms with Crippen LogP contribution in [0.5, 0.6) is 11.6 Å². The topological polar surface area (TPSA) is 65.2 Å². The summed E-state index contributed by atoms with van der Waals surface area (Å²) in [5.41, 5.74) is 1.80. The Morgan fingerprint density at radius 3 is 2.83 bits per heavy atom. The highest BCUT2D eigenvalue weighted by atomic mass is 35.5. The van der Waals surface area contributed by atoms with E-state index in [0.29, 0.717) is 17.0 Å². The predicted octanol–water partition coefficient (Wildman–Crippen LogP) is 3.77. The van der Waals surface area contributed by atoms with Gasteiger partial charge in [-0.15, -0.1) is 15.3 Å². The monoisotopic (exact) mass is 341 g/mol. The van der Waals surface area contributed by atoms with Gasteiger partial charge in [-0.25, -0.2) is 4.39 Å². The lowest BCUT2D eigenvalue weighted by Gasteiger charge is -2.10. The number of aromatic nitrogens is 5. The predicted molar refractivity (Wildman–Crippen MR) is 85.5 cm³/mol. The van der Waals surface area contributed by atoms with Crippen molar-refractivity contribution in [2.75, 3.05) is 0 Å². The van der Waals surface area contributed by atoms with Crippen LogP contribution in [0.3, 0.4) is 0 Å². The van der Waals surface area contributed by atoms with E-state index < -0.39 is 0 Å². The number of hydrogen-bond acceptors (Lipinski definition) is 5. The standard InChI is InChI=1S/C16H9ClFN5O/c17-16-21-20-14-5-6-15(22-23(14)16)24-13-4-3-11(18)8-12(13)10-2-1-7-19-9-10/h1-9H. The fourth-order valence-electron chi connectivity index (χ4n) is 2.25. The summed E-state index contributed by atoms with van der Waals surface area (Å²) in [5, 5.41) is 11.9. The number of pyridine rings is 1. The molecule has 118 valence electrons. The normalized spacial score (nSPS) is 10.9. The van der Waals surface area contributed by atoms with E-state index in [1.54, 1.807) is 30.6 Å². The third kappa shape index (κ3) is 2.65. The molecule has 0 unspecified atom stereocenters. The van der Waals surface area contributed by atoms with Crippen LogP contribution in [0.1, 0.15) is 0 Å². The highest BCUT2D eigenvalue weighted by molar-refractivity contribution is 6.28. The fourth-order valence-corrected chi connectivity index (χ4v) is 2.41. The molecular formula is C16H9ClFN5O. The Balaban J connectivity index is 1.77. The molecule has 3 aromatic heterocycles. The first-order chi connectivity index (χ1) is 11.7. The van der Waals surface area contributed by atoms with Gasteiger partial charge in [0.05, 0.1) is 0 Å². The van der Waals surface area contributed by atoms with E-state index in [4.69, 9.17) is 16.3 Å². The van der Waals surface area contributed by atoms with E-state index in [0.717, 1.165) is 5.56 Å². The molecule has 0 N–H and O–H groups in total. The third-order valence-electron chi connectivity index (χ3n) is 3.33. The lowest BCUT2D eigenvalue weighted by Crippen LogP contribution is -1.97. The van der Waals surface area contributed by atoms with E-state index in [1.165, 1.54) is 22.7 Å². The number of ether oxygens (including phenoxy) is 1. The summed E-state index contributed by atoms with van der Waals surface area (Å²) in [5.74, 6) is 0.355. The molecule has 0 aliphatic heterocycles. The van der Waals surface area contributed by atoms with Crippen molar-refractivity contribution >= 4 is 17.2 Å². The number of nitrogens with zero attached hydrogens (tertiary/aromatic N) is 5. The van der Waals surface area contributed by atoms with Crippen molar-refractivity contribution in [2.45, 2.75) is 0 Å². The summed E-state index contributed by atoms with van der Waals surface area (Å²) >= 11 is 5.91. The first kappa shape index (κ1) is 14.5. The van der Waals surface area contributed by atoms with Gasteiger partial charge in [-0.2, -0.15) is 4.52 Å². The minimum absolute atomic E-state index is 0.127. The lowest BCUT2D eigenvalue weighted by molar-refractivity contribution is 0.452. The highest BCUT2D eigenvalue weighted by Crippen LogP contribution is 2.33. The van der Waals surface area contributed by atoms with Crippen molar-refractivity contribution in [1.29, 1.82) is 0 Å². The number of hydrogen-bond donors (Lipinski definition) is 0. The van der Waals surface area contributed by atoms with Gasteiger partial charge in [-0.05, 0) is 41.9 Å². The largest absolute Gasteiger partial charge is 0.437 e. The molecular weight excluding hydrogens is 333 g/mol. The molecule has 0 saturated carbocycles. The molecule has 1 aromatic carbocycles. The molecule has 4 aromatic rings. The molecule has 0 saturated heterocycles. The van der Waals surface area contributed by atoms with Gasteiger partial charge in [0.2, 0.25) is 11.2 Å². The van der Waals surface area contributed by atoms with Crippen LogP contribution >= 0.6 is 11.6 Å². The van der Waals surface area contributed by atoms with Crippen molar-refractivity contribution < 1.29 is 9.13 Å². The Labute approximate surface area is 140 Å². The van der Waals surface area contributed by atoms with Crippen molar-refractivity contribution in [1.82, 2.24) is 24.8 Å². The van der Waals surface area contributed by atoms with Gasteiger partial charge in [-0.1, -0.05) is 6.07 Å². The Hall–Kier alpha value is -3.06. The summed E-state index contributed by atoms with van der Waals surface area (Å²) in [4.78, 5) is 4.05. The van der Waals surface area contributed by atoms with Crippen LogP contribution in [0.25, 0.3) is 16.8 Å². The average molecular weight is 342 g/mol. The van der Waals surface area contributed by atoms with E-state index in [2.05, 4.69) is 20.3 Å². The number of fused-ring (bicyclic) bond motifs is 1. The molecule has 3 heterocycles. The number of benzene rings is 1. The molecule has 0 atom stereocenters. The molecule has 0 aliphatic rings. The zero-order valence-corrected chi connectivity index (χ0v) is 12.9. The van der Waals surface area contributed by atoms with Gasteiger partial charge in [0.1, 0.15) is 11.6 Å². The minimum atomic E-state index is -0.369. The molecule has 0 amide bonds. The first-order valence-electron chi connectivity index (χ1n) is 6.96. The summed E-state index contributed by atoms with van der Waals surface area (Å²) in [6.07, 6.45) is 3.28. The Kier molecular flexibility index (Phi) is 3.55. The van der Waals surface area contributed by atoms with Crippen LogP contribution in [0.2, 0.25) is 5.28 Å². The van der Waals surface area contributed by atoms with E-state index >= 15 is 0 Å². The van der Waals surface area contributed by atoms with Crippen molar-refractivity contribution in [3.63, 3.8) is 0 Å². The maximum Gasteiger partial charge on any atom is 0.246 e. The molecule has 6 nitrogen and oxygen atoms in total. The molecule has 24 heavy (non-hydrogen) atoms. The Morgan fingerprint density at radius 1 is 1.08 bits per heavy atom. The van der Waals surface area contributed by atoms with Crippen molar-refractivity contribution in [3.8, 4) is 22.8 Å². The summed E-state index contributed by atoms with van der Waals surface area (Å²) in [6, 6.07) is 11.1. The van der Waals surface area contributed by atoms with Crippen LogP contribution in [0, 0.1) is 5.82 Å². The van der Waals surface area contributed by atoms with E-state index in [-0.39, 0.29) is 17.0 Å². The first-order valence-corrected chi connectivity index (χ1v) is 7.34. The molecule has 0 bridgehead atoms. The summed E-state index contributed by atoms with van der Waals surface area (Å²) in [7, 11) is 0. The average Bonchev–Trinajstić information content (AvgIpc) is 2.98. The summed E-state index contributed by atoms with van der Waals surface area (Å²) in [6.45, 7) is 0. The van der Waals surface area contributed by atoms with Crippen LogP contribution in [0.15, 0.2) is 54.9 Å². The molecule has 4 rings (SSSR count). The minimum Gasteiger partial charge on any atom is -0.437 e. The van der Waals surface area contributed by atoms with Crippen LogP contribution in [0.4, 0.5) is 4.39 Å². The van der Waals surface area contributed by atoms with E-state index in [9.17, 15) is 4.39 Å². The third-order valence-corrected chi connectivity index (χ3v) is 3.56. The van der Waals surface area contributed by atoms with Crippen LogP contribution in [-0.2, 0) is 0 Å². The molecule has 0 radical (unpaired) electrons. The number of rotatable bonds is 3. The molecule has 8 heteroatoms. The van der Waals surface area contributed by atoms with Gasteiger partial charge in [-0.3, -0.25) is 4.98 Å². The zero-order chi connectivity index (χ0) is 16.5. The van der Waals surface area contributed by atoms with Crippen LogP contribution < -0.4 is 4.74 Å². The molecule has 0 fully saturated rings. The van der Waals surface area contributed by atoms with Gasteiger partial charge in [0, 0.05) is 29.6 Å². The molecule has 0 spiro atoms. The zero-order valence-electron chi connectivity index (χ0n) is 12.1. The Morgan fingerprint density at radius 2 is 2.00 bits per heavy atom. The van der Waals surface area contributed by atoms with Crippen molar-refractivity contribution in [3.05, 3.63) is 66.0 Å². The summed E-state index contributed by atoms with van der Waals surface area (Å²) < 4.78 is 20.8. The van der Waals surface area contributed by atoms with Gasteiger partial charge in [0.25, 0.3) is 0 Å². The molecule has 0 aliphatic carbocycles. The second kappa shape index (κ2) is 5.86. The smallest absolute Gasteiger partial charge is 0.246 e. The van der Waals surface area contributed by atoms with Crippen molar-refractivity contribution in [2.24, 2.45) is 0 Å². The van der Waals surface area contributed by atoms with Gasteiger partial charge < -0.3 is 4.74 Å². The highest BCUT2D eigenvalue weighted by Gasteiger charge is 2.11. The van der Waals surface area contributed by atoms with Gasteiger partial charge >= 0.3 is 0 Å². The van der Waals surface area contributed by atoms with Crippen LogP contribution in [-0.4, -0.2) is 24.8 Å². The van der Waals surface area contributed by atoms with E-state index in [1.807, 2.05) is 6.07 Å². The van der Waals surface area contributed by atoms with Gasteiger partial charge in [0.15, 0.2) is 5.65 Å². The lowest BCUT2D eigenvalue weighted by atomic mass is 10.1. The number of halogens is 2. The SMILES string of the molecule is Fc1ccc(Oc2ccc3nnc(Cl)n3n2)c(-c2cccnc2)c1. The fraction of sp³-hybridized carbons (Fsp3) is 0. The quantitative estimate of drug-likeness (QED) is 0.567. The Bertz CT molecular complexity index is 1020.